The van der Waals surface area contributed by atoms with Crippen molar-refractivity contribution in [3.8, 4) is 0 Å². The van der Waals surface area contributed by atoms with Crippen LogP contribution in [0, 0.1) is 11.8 Å². The summed E-state index contributed by atoms with van der Waals surface area (Å²) in [4.78, 5) is 2.75. The molecule has 2 heteroatoms. The first-order valence-electron chi connectivity index (χ1n) is 6.73. The van der Waals surface area contributed by atoms with Crippen LogP contribution in [0.5, 0.6) is 0 Å². The highest BCUT2D eigenvalue weighted by Crippen LogP contribution is 2.30. The standard InChI is InChI=1S/C13H26N2/c1-11-3-2-7-15(8-6-11)13-5-4-12(9-13)10-14/h11-13H,2-10,14H2,1H3. The van der Waals surface area contributed by atoms with Crippen molar-refractivity contribution in [2.24, 2.45) is 17.6 Å². The van der Waals surface area contributed by atoms with Gasteiger partial charge in [-0.1, -0.05) is 6.92 Å². The van der Waals surface area contributed by atoms with Gasteiger partial charge in [-0.2, -0.15) is 0 Å². The molecule has 3 unspecified atom stereocenters. The van der Waals surface area contributed by atoms with Crippen molar-refractivity contribution in [2.75, 3.05) is 19.6 Å². The topological polar surface area (TPSA) is 29.3 Å². The van der Waals surface area contributed by atoms with Gasteiger partial charge >= 0.3 is 0 Å². The minimum atomic E-state index is 0.815. The first kappa shape index (κ1) is 11.4. The van der Waals surface area contributed by atoms with Crippen LogP contribution in [0.2, 0.25) is 0 Å². The van der Waals surface area contributed by atoms with E-state index in [9.17, 15) is 0 Å². The van der Waals surface area contributed by atoms with Crippen molar-refractivity contribution in [3.63, 3.8) is 0 Å². The minimum Gasteiger partial charge on any atom is -0.330 e. The third kappa shape index (κ3) is 2.94. The van der Waals surface area contributed by atoms with Gasteiger partial charge < -0.3 is 10.6 Å². The van der Waals surface area contributed by atoms with Crippen molar-refractivity contribution < 1.29 is 0 Å². The maximum Gasteiger partial charge on any atom is 0.00984 e. The molecule has 3 atom stereocenters. The molecule has 2 aliphatic rings. The van der Waals surface area contributed by atoms with Crippen molar-refractivity contribution in [3.05, 3.63) is 0 Å². The van der Waals surface area contributed by atoms with E-state index in [0.29, 0.717) is 0 Å². The van der Waals surface area contributed by atoms with Gasteiger partial charge in [-0.15, -0.1) is 0 Å². The normalized spacial score (nSPS) is 39.2. The smallest absolute Gasteiger partial charge is 0.00984 e. The van der Waals surface area contributed by atoms with Crippen molar-refractivity contribution in [1.82, 2.24) is 4.90 Å². The summed E-state index contributed by atoms with van der Waals surface area (Å²) in [6.45, 7) is 5.98. The van der Waals surface area contributed by atoms with Crippen LogP contribution in [-0.2, 0) is 0 Å². The van der Waals surface area contributed by atoms with Gasteiger partial charge in [0, 0.05) is 6.04 Å². The Hall–Kier alpha value is -0.0800. The Morgan fingerprint density at radius 3 is 2.73 bits per heavy atom. The fraction of sp³-hybridized carbons (Fsp3) is 1.00. The first-order chi connectivity index (χ1) is 7.29. The lowest BCUT2D eigenvalue weighted by molar-refractivity contribution is 0.200. The number of likely N-dealkylation sites (tertiary alicyclic amines) is 1. The third-order valence-electron chi connectivity index (χ3n) is 4.41. The molecule has 2 rings (SSSR count). The monoisotopic (exact) mass is 210 g/mol. The van der Waals surface area contributed by atoms with E-state index in [2.05, 4.69) is 11.8 Å². The minimum absolute atomic E-state index is 0.815. The number of rotatable bonds is 2. The predicted molar refractivity (Wildman–Crippen MR) is 64.8 cm³/mol. The summed E-state index contributed by atoms with van der Waals surface area (Å²) in [5, 5.41) is 0. The summed E-state index contributed by atoms with van der Waals surface area (Å²) in [5.41, 5.74) is 5.76. The predicted octanol–water partition coefficient (Wildman–Crippen LogP) is 2.24. The Labute approximate surface area is 94.2 Å². The Kier molecular flexibility index (Phi) is 4.04. The van der Waals surface area contributed by atoms with Crippen LogP contribution in [-0.4, -0.2) is 30.6 Å². The van der Waals surface area contributed by atoms with E-state index in [0.717, 1.165) is 24.4 Å². The van der Waals surface area contributed by atoms with Crippen molar-refractivity contribution in [2.45, 2.75) is 51.5 Å². The maximum atomic E-state index is 5.76. The van der Waals surface area contributed by atoms with Crippen LogP contribution >= 0.6 is 0 Å². The highest BCUT2D eigenvalue weighted by molar-refractivity contribution is 4.84. The SMILES string of the molecule is CC1CCCN(C2CCC(CN)C2)CC1. The van der Waals surface area contributed by atoms with E-state index in [1.54, 1.807) is 0 Å². The van der Waals surface area contributed by atoms with E-state index in [-0.39, 0.29) is 0 Å². The molecular weight excluding hydrogens is 184 g/mol. The van der Waals surface area contributed by atoms with Crippen molar-refractivity contribution in [1.29, 1.82) is 0 Å². The van der Waals surface area contributed by atoms with Crippen LogP contribution in [0.3, 0.4) is 0 Å². The quantitative estimate of drug-likeness (QED) is 0.757. The summed E-state index contributed by atoms with van der Waals surface area (Å²) < 4.78 is 0. The highest BCUT2D eigenvalue weighted by atomic mass is 15.2. The van der Waals surface area contributed by atoms with E-state index in [1.807, 2.05) is 0 Å². The molecule has 1 saturated carbocycles. The van der Waals surface area contributed by atoms with Gasteiger partial charge in [0.2, 0.25) is 0 Å². The Morgan fingerprint density at radius 1 is 1.13 bits per heavy atom. The van der Waals surface area contributed by atoms with E-state index in [4.69, 9.17) is 5.73 Å². The molecule has 0 radical (unpaired) electrons. The molecule has 88 valence electrons. The fourth-order valence-electron chi connectivity index (χ4n) is 3.24. The zero-order valence-electron chi connectivity index (χ0n) is 10.1. The highest BCUT2D eigenvalue weighted by Gasteiger charge is 2.29. The Bertz CT molecular complexity index is 193. The lowest BCUT2D eigenvalue weighted by atomic mass is 10.0. The summed E-state index contributed by atoms with van der Waals surface area (Å²) in [5.74, 6) is 1.76. The molecule has 15 heavy (non-hydrogen) atoms. The number of hydrogen-bond donors (Lipinski definition) is 1. The Balaban J connectivity index is 1.83. The van der Waals surface area contributed by atoms with E-state index < -0.39 is 0 Å². The first-order valence-corrected chi connectivity index (χ1v) is 6.73. The molecule has 0 aromatic carbocycles. The number of hydrogen-bond acceptors (Lipinski definition) is 2. The van der Waals surface area contributed by atoms with Gasteiger partial charge in [0.1, 0.15) is 0 Å². The fourth-order valence-corrected chi connectivity index (χ4v) is 3.24. The zero-order valence-corrected chi connectivity index (χ0v) is 10.1. The van der Waals surface area contributed by atoms with Crippen LogP contribution in [0.4, 0.5) is 0 Å². The molecule has 1 aliphatic heterocycles. The molecule has 2 fully saturated rings. The summed E-state index contributed by atoms with van der Waals surface area (Å²) in [6.07, 6.45) is 8.38. The summed E-state index contributed by atoms with van der Waals surface area (Å²) in [6, 6.07) is 0.865. The molecule has 2 N–H and O–H groups in total. The molecule has 1 aliphatic carbocycles. The van der Waals surface area contributed by atoms with Crippen LogP contribution in [0.1, 0.15) is 45.4 Å². The zero-order chi connectivity index (χ0) is 10.7. The number of nitrogens with zero attached hydrogens (tertiary/aromatic N) is 1. The van der Waals surface area contributed by atoms with E-state index in [1.165, 1.54) is 51.6 Å². The average molecular weight is 210 g/mol. The number of nitrogens with two attached hydrogens (primary N) is 1. The molecule has 0 bridgehead atoms. The molecular formula is C13H26N2. The molecule has 1 heterocycles. The molecule has 2 nitrogen and oxygen atoms in total. The second-order valence-corrected chi connectivity index (χ2v) is 5.64. The average Bonchev–Trinajstić information content (AvgIpc) is 2.62. The van der Waals surface area contributed by atoms with Crippen molar-refractivity contribution >= 4 is 0 Å². The van der Waals surface area contributed by atoms with Gasteiger partial charge in [-0.3, -0.25) is 0 Å². The lowest BCUT2D eigenvalue weighted by Gasteiger charge is -2.27. The molecule has 1 saturated heterocycles. The van der Waals surface area contributed by atoms with Gasteiger partial charge in [0.05, 0.1) is 0 Å². The molecule has 0 spiro atoms. The summed E-state index contributed by atoms with van der Waals surface area (Å²) in [7, 11) is 0. The second kappa shape index (κ2) is 5.31. The van der Waals surface area contributed by atoms with Gasteiger partial charge in [0.15, 0.2) is 0 Å². The summed E-state index contributed by atoms with van der Waals surface area (Å²) >= 11 is 0. The second-order valence-electron chi connectivity index (χ2n) is 5.64. The van der Waals surface area contributed by atoms with Crippen LogP contribution in [0.25, 0.3) is 0 Å². The maximum absolute atomic E-state index is 5.76. The largest absolute Gasteiger partial charge is 0.330 e. The third-order valence-corrected chi connectivity index (χ3v) is 4.41. The van der Waals surface area contributed by atoms with Crippen LogP contribution in [0.15, 0.2) is 0 Å². The van der Waals surface area contributed by atoms with E-state index >= 15 is 0 Å². The van der Waals surface area contributed by atoms with Gasteiger partial charge in [-0.05, 0) is 70.0 Å². The lowest BCUT2D eigenvalue weighted by Crippen LogP contribution is -2.34. The molecule has 0 amide bonds. The molecule has 0 aromatic heterocycles. The Morgan fingerprint density at radius 2 is 2.00 bits per heavy atom. The van der Waals surface area contributed by atoms with Gasteiger partial charge in [-0.25, -0.2) is 0 Å². The van der Waals surface area contributed by atoms with Gasteiger partial charge in [0.25, 0.3) is 0 Å². The van der Waals surface area contributed by atoms with Crippen LogP contribution < -0.4 is 5.73 Å². The molecule has 0 aromatic rings.